The van der Waals surface area contributed by atoms with Crippen molar-refractivity contribution in [2.75, 3.05) is 0 Å². The van der Waals surface area contributed by atoms with Gasteiger partial charge in [0.2, 0.25) is 0 Å². The number of hydrogen-bond acceptors (Lipinski definition) is 2. The number of aliphatic hydroxyl groups excluding tert-OH is 2. The van der Waals surface area contributed by atoms with Crippen LogP contribution in [0.25, 0.3) is 0 Å². The number of terminal acetylenes is 2. The molecule has 32 heavy (non-hydrogen) atoms. The summed E-state index contributed by atoms with van der Waals surface area (Å²) >= 11 is 0. The number of allylic oxidation sites excluding steroid dienone is 3. The Kier molecular flexibility index (Phi) is 23.1. The van der Waals surface area contributed by atoms with Crippen molar-refractivity contribution in [2.24, 2.45) is 0 Å². The predicted octanol–water partition coefficient (Wildman–Crippen LogP) is 6.34. The highest BCUT2D eigenvalue weighted by Crippen LogP contribution is 2.09. The van der Waals surface area contributed by atoms with Crippen LogP contribution >= 0.6 is 0 Å². The molecule has 0 aliphatic carbocycles. The maximum Gasteiger partial charge on any atom is 0.133 e. The Balaban J connectivity index is 3.41. The maximum absolute atomic E-state index is 9.27. The van der Waals surface area contributed by atoms with Crippen molar-refractivity contribution < 1.29 is 10.2 Å². The summed E-state index contributed by atoms with van der Waals surface area (Å²) in [5, 5.41) is 18.5. The number of hydrogen-bond donors (Lipinski definition) is 2. The van der Waals surface area contributed by atoms with E-state index in [1.54, 1.807) is 6.08 Å². The van der Waals surface area contributed by atoms with Crippen LogP contribution in [-0.4, -0.2) is 22.4 Å². The molecule has 0 bridgehead atoms. The lowest BCUT2D eigenvalue weighted by atomic mass is 10.1. The molecule has 0 spiro atoms. The molecule has 2 nitrogen and oxygen atoms in total. The largest absolute Gasteiger partial charge is 0.380 e. The summed E-state index contributed by atoms with van der Waals surface area (Å²) in [6, 6.07) is 0. The molecule has 0 fully saturated rings. The molecular weight excluding hydrogens is 392 g/mol. The zero-order valence-electron chi connectivity index (χ0n) is 19.8. The molecule has 0 radical (unpaired) electrons. The predicted molar refractivity (Wildman–Crippen MR) is 137 cm³/mol. The summed E-state index contributed by atoms with van der Waals surface area (Å²) in [7, 11) is 0. The summed E-state index contributed by atoms with van der Waals surface area (Å²) in [4.78, 5) is 0. The molecule has 0 heterocycles. The average Bonchev–Trinajstić information content (AvgIpc) is 2.81. The van der Waals surface area contributed by atoms with E-state index in [1.807, 2.05) is 6.08 Å². The van der Waals surface area contributed by atoms with Crippen molar-refractivity contribution in [3.63, 3.8) is 0 Å². The highest BCUT2D eigenvalue weighted by atomic mass is 16.3. The second kappa shape index (κ2) is 24.9. The second-order valence-electron chi connectivity index (χ2n) is 7.92. The zero-order valence-corrected chi connectivity index (χ0v) is 19.8. The van der Waals surface area contributed by atoms with Gasteiger partial charge < -0.3 is 10.2 Å². The van der Waals surface area contributed by atoms with Gasteiger partial charge >= 0.3 is 0 Å². The van der Waals surface area contributed by atoms with Gasteiger partial charge in [-0.3, -0.25) is 0 Å². The fourth-order valence-electron chi connectivity index (χ4n) is 3.06. The fourth-order valence-corrected chi connectivity index (χ4v) is 3.06. The van der Waals surface area contributed by atoms with Gasteiger partial charge in [0.05, 0.1) is 0 Å². The summed E-state index contributed by atoms with van der Waals surface area (Å²) in [6.07, 6.45) is 33.7. The Hall–Kier alpha value is -2.36. The SMILES string of the molecule is C#CC(O)C=CCCCCCCC#CCC=CCC#CCCCCCCCCC(O)C#C. The Morgan fingerprint density at radius 1 is 0.594 bits per heavy atom. The van der Waals surface area contributed by atoms with Crippen LogP contribution in [0.2, 0.25) is 0 Å². The molecule has 2 N–H and O–H groups in total. The van der Waals surface area contributed by atoms with Crippen molar-refractivity contribution in [2.45, 2.75) is 115 Å². The second-order valence-corrected chi connectivity index (χ2v) is 7.92. The summed E-state index contributed by atoms with van der Waals surface area (Å²) in [5.74, 6) is 17.5. The molecule has 2 unspecified atom stereocenters. The topological polar surface area (TPSA) is 40.5 Å². The molecule has 174 valence electrons. The van der Waals surface area contributed by atoms with Crippen molar-refractivity contribution in [1.82, 2.24) is 0 Å². The van der Waals surface area contributed by atoms with Crippen LogP contribution in [0.5, 0.6) is 0 Å². The first-order valence-corrected chi connectivity index (χ1v) is 12.2. The first kappa shape index (κ1) is 29.6. The van der Waals surface area contributed by atoms with Crippen LogP contribution in [0.15, 0.2) is 24.3 Å². The molecule has 0 rings (SSSR count). The molecular formula is C30H42O2. The van der Waals surface area contributed by atoms with Gasteiger partial charge in [-0.2, -0.15) is 0 Å². The molecule has 2 heteroatoms. The van der Waals surface area contributed by atoms with E-state index in [-0.39, 0.29) is 0 Å². The van der Waals surface area contributed by atoms with Crippen LogP contribution in [0, 0.1) is 48.4 Å². The lowest BCUT2D eigenvalue weighted by molar-refractivity contribution is 0.217. The third-order valence-electron chi connectivity index (χ3n) is 4.99. The molecule has 0 saturated carbocycles. The third kappa shape index (κ3) is 23.9. The average molecular weight is 435 g/mol. The molecule has 0 aliphatic heterocycles. The van der Waals surface area contributed by atoms with Crippen LogP contribution in [0.1, 0.15) is 103 Å². The quantitative estimate of drug-likeness (QED) is 0.159. The van der Waals surface area contributed by atoms with Gasteiger partial charge in [0.25, 0.3) is 0 Å². The van der Waals surface area contributed by atoms with Gasteiger partial charge in [-0.1, -0.05) is 80.4 Å². The van der Waals surface area contributed by atoms with Gasteiger partial charge in [0.1, 0.15) is 12.2 Å². The number of unbranched alkanes of at least 4 members (excludes halogenated alkanes) is 11. The van der Waals surface area contributed by atoms with Crippen LogP contribution in [0.3, 0.4) is 0 Å². The minimum atomic E-state index is -0.745. The Labute approximate surface area is 198 Å². The molecule has 0 aromatic rings. The first-order valence-electron chi connectivity index (χ1n) is 12.2. The maximum atomic E-state index is 9.27. The van der Waals surface area contributed by atoms with E-state index in [9.17, 15) is 10.2 Å². The molecule has 2 atom stereocenters. The summed E-state index contributed by atoms with van der Waals surface area (Å²) in [6.45, 7) is 0. The van der Waals surface area contributed by atoms with Crippen LogP contribution in [0.4, 0.5) is 0 Å². The number of aliphatic hydroxyl groups is 2. The van der Waals surface area contributed by atoms with E-state index in [0.717, 1.165) is 64.2 Å². The Bertz CT molecular complexity index is 694. The highest BCUT2D eigenvalue weighted by molar-refractivity contribution is 5.09. The van der Waals surface area contributed by atoms with E-state index in [1.165, 1.54) is 38.5 Å². The van der Waals surface area contributed by atoms with Gasteiger partial charge in [-0.15, -0.1) is 24.7 Å². The summed E-state index contributed by atoms with van der Waals surface area (Å²) < 4.78 is 0. The fraction of sp³-hybridized carbons (Fsp3) is 0.600. The van der Waals surface area contributed by atoms with Gasteiger partial charge in [0, 0.05) is 25.7 Å². The Morgan fingerprint density at radius 3 is 1.69 bits per heavy atom. The molecule has 0 aliphatic rings. The molecule has 0 amide bonds. The smallest absolute Gasteiger partial charge is 0.133 e. The molecule has 0 aromatic carbocycles. The highest BCUT2D eigenvalue weighted by Gasteiger charge is 1.97. The minimum absolute atomic E-state index is 0.566. The Morgan fingerprint density at radius 2 is 1.12 bits per heavy atom. The van der Waals surface area contributed by atoms with E-state index < -0.39 is 12.2 Å². The van der Waals surface area contributed by atoms with Crippen molar-refractivity contribution in [3.8, 4) is 48.4 Å². The van der Waals surface area contributed by atoms with Crippen LogP contribution < -0.4 is 0 Å². The van der Waals surface area contributed by atoms with Gasteiger partial charge in [-0.25, -0.2) is 0 Å². The molecule has 0 aromatic heterocycles. The monoisotopic (exact) mass is 434 g/mol. The van der Waals surface area contributed by atoms with E-state index in [4.69, 9.17) is 12.8 Å². The summed E-state index contributed by atoms with van der Waals surface area (Å²) in [5.41, 5.74) is 0. The van der Waals surface area contributed by atoms with Crippen molar-refractivity contribution in [1.29, 1.82) is 0 Å². The van der Waals surface area contributed by atoms with Gasteiger partial charge in [-0.05, 0) is 44.6 Å². The normalized spacial score (nSPS) is 12.4. The number of rotatable bonds is 17. The zero-order chi connectivity index (χ0) is 23.5. The van der Waals surface area contributed by atoms with Gasteiger partial charge in [0.15, 0.2) is 0 Å². The van der Waals surface area contributed by atoms with Crippen molar-refractivity contribution in [3.05, 3.63) is 24.3 Å². The first-order chi connectivity index (χ1) is 15.7. The lowest BCUT2D eigenvalue weighted by Crippen LogP contribution is -2.01. The molecule has 0 saturated heterocycles. The van der Waals surface area contributed by atoms with E-state index in [2.05, 4.69) is 47.7 Å². The third-order valence-corrected chi connectivity index (χ3v) is 4.99. The van der Waals surface area contributed by atoms with Crippen molar-refractivity contribution >= 4 is 0 Å². The minimum Gasteiger partial charge on any atom is -0.380 e. The van der Waals surface area contributed by atoms with Crippen LogP contribution in [-0.2, 0) is 0 Å². The lowest BCUT2D eigenvalue weighted by Gasteiger charge is -2.02. The van der Waals surface area contributed by atoms with E-state index >= 15 is 0 Å². The standard InChI is InChI=1S/C30H42O2/c1-3-29(31)27-25-23-21-19-17-15-13-11-9-7-5-6-8-10-12-14-16-18-20-22-24-26-28-30(32)4-2/h1-2,5-6,25,27,29-32H,7-8,13-24,26,28H2. The van der Waals surface area contributed by atoms with E-state index in [0.29, 0.717) is 0 Å².